The molecule has 0 N–H and O–H groups in total. The van der Waals surface area contributed by atoms with Gasteiger partial charge in [0.15, 0.2) is 0 Å². The highest BCUT2D eigenvalue weighted by Crippen LogP contribution is 2.39. The van der Waals surface area contributed by atoms with E-state index >= 15 is 0 Å². The van der Waals surface area contributed by atoms with Gasteiger partial charge in [-0.3, -0.25) is 0 Å². The fraction of sp³-hybridized carbons (Fsp3) is 0.538. The van der Waals surface area contributed by atoms with Gasteiger partial charge in [-0.1, -0.05) is 19.9 Å². The molecule has 0 aromatic heterocycles. The average Bonchev–Trinajstić information content (AvgIpc) is 2.28. The first-order valence-electron chi connectivity index (χ1n) is 5.66. The third-order valence-electron chi connectivity index (χ3n) is 3.02. The Morgan fingerprint density at radius 1 is 1.31 bits per heavy atom. The number of aryl methyl sites for hydroxylation is 1. The van der Waals surface area contributed by atoms with Gasteiger partial charge in [-0.15, -0.1) is 11.8 Å². The fourth-order valence-electron chi connectivity index (χ4n) is 1.90. The molecule has 2 rings (SSSR count). The lowest BCUT2D eigenvalue weighted by molar-refractivity contribution is -0.0514. The molecule has 88 valence electrons. The van der Waals surface area contributed by atoms with E-state index in [0.717, 1.165) is 24.2 Å². The Bertz CT molecular complexity index is 386. The van der Waals surface area contributed by atoms with Gasteiger partial charge in [0.1, 0.15) is 0 Å². The lowest BCUT2D eigenvalue weighted by Crippen LogP contribution is -2.21. The van der Waals surface area contributed by atoms with Crippen molar-refractivity contribution in [1.82, 2.24) is 0 Å². The lowest BCUT2D eigenvalue weighted by atomic mass is 9.95. The molecule has 0 atom stereocenters. The van der Waals surface area contributed by atoms with Crippen molar-refractivity contribution in [2.45, 2.75) is 37.5 Å². The molecule has 3 heteroatoms. The molecule has 0 aliphatic carbocycles. The van der Waals surface area contributed by atoms with Crippen molar-refractivity contribution >= 4 is 11.8 Å². The van der Waals surface area contributed by atoms with Crippen molar-refractivity contribution in [2.24, 2.45) is 5.92 Å². The van der Waals surface area contributed by atoms with Crippen LogP contribution in [0.25, 0.3) is 0 Å². The molecule has 16 heavy (non-hydrogen) atoms. The van der Waals surface area contributed by atoms with Crippen LogP contribution in [0.15, 0.2) is 23.1 Å². The number of thioether (sulfide) groups is 1. The Balaban J connectivity index is 2.37. The van der Waals surface area contributed by atoms with E-state index in [9.17, 15) is 8.78 Å². The predicted molar refractivity (Wildman–Crippen MR) is 64.2 cm³/mol. The topological polar surface area (TPSA) is 0 Å². The summed E-state index contributed by atoms with van der Waals surface area (Å²) in [6.07, 6.45) is 2.03. The molecule has 0 nitrogen and oxygen atoms in total. The smallest absolute Gasteiger partial charge is 0.201 e. The zero-order valence-corrected chi connectivity index (χ0v) is 10.4. The average molecular weight is 242 g/mol. The Morgan fingerprint density at radius 2 is 2.06 bits per heavy atom. The van der Waals surface area contributed by atoms with E-state index in [2.05, 4.69) is 0 Å². The highest BCUT2D eigenvalue weighted by atomic mass is 32.2. The van der Waals surface area contributed by atoms with Gasteiger partial charge in [0.25, 0.3) is 5.92 Å². The molecule has 0 fully saturated rings. The molecule has 1 aromatic carbocycles. The molecule has 0 unspecified atom stereocenters. The van der Waals surface area contributed by atoms with Crippen LogP contribution < -0.4 is 0 Å². The second-order valence-corrected chi connectivity index (χ2v) is 5.69. The van der Waals surface area contributed by atoms with Crippen LogP contribution in [-0.2, 0) is 12.3 Å². The number of alkyl halides is 2. The van der Waals surface area contributed by atoms with Crippen LogP contribution in [0.5, 0.6) is 0 Å². The second kappa shape index (κ2) is 4.36. The maximum absolute atomic E-state index is 13.8. The monoisotopic (exact) mass is 242 g/mol. The van der Waals surface area contributed by atoms with Gasteiger partial charge < -0.3 is 0 Å². The van der Waals surface area contributed by atoms with E-state index < -0.39 is 11.8 Å². The van der Waals surface area contributed by atoms with Crippen LogP contribution in [0.1, 0.15) is 31.4 Å². The molecular weight excluding hydrogens is 226 g/mol. The SMILES string of the molecule is CC(C)C(F)(F)c1ccc2c(c1)CCCS2. The zero-order valence-electron chi connectivity index (χ0n) is 9.59. The quantitative estimate of drug-likeness (QED) is 0.737. The second-order valence-electron chi connectivity index (χ2n) is 4.55. The van der Waals surface area contributed by atoms with Crippen molar-refractivity contribution in [1.29, 1.82) is 0 Å². The summed E-state index contributed by atoms with van der Waals surface area (Å²) in [5, 5.41) is 0. The van der Waals surface area contributed by atoms with E-state index in [1.807, 2.05) is 6.07 Å². The van der Waals surface area contributed by atoms with E-state index in [-0.39, 0.29) is 5.56 Å². The number of hydrogen-bond donors (Lipinski definition) is 0. The van der Waals surface area contributed by atoms with Gasteiger partial charge in [-0.2, -0.15) is 0 Å². The number of hydrogen-bond acceptors (Lipinski definition) is 1. The van der Waals surface area contributed by atoms with Crippen molar-refractivity contribution < 1.29 is 8.78 Å². The number of fused-ring (bicyclic) bond motifs is 1. The van der Waals surface area contributed by atoms with E-state index in [1.165, 1.54) is 4.90 Å². The predicted octanol–water partition coefficient (Wildman–Crippen LogP) is 4.47. The fourth-order valence-corrected chi connectivity index (χ4v) is 2.92. The number of halogens is 2. The summed E-state index contributed by atoms with van der Waals surface area (Å²) < 4.78 is 27.7. The molecule has 1 heterocycles. The van der Waals surface area contributed by atoms with Gasteiger partial charge in [0, 0.05) is 16.4 Å². The molecule has 1 aliphatic rings. The van der Waals surface area contributed by atoms with E-state index in [0.29, 0.717) is 0 Å². The van der Waals surface area contributed by atoms with Gasteiger partial charge in [0.05, 0.1) is 0 Å². The lowest BCUT2D eigenvalue weighted by Gasteiger charge is -2.23. The molecule has 1 aliphatic heterocycles. The van der Waals surface area contributed by atoms with Crippen molar-refractivity contribution in [3.05, 3.63) is 29.3 Å². The van der Waals surface area contributed by atoms with Crippen LogP contribution in [0.4, 0.5) is 8.78 Å². The van der Waals surface area contributed by atoms with Gasteiger partial charge in [-0.05, 0) is 36.3 Å². The van der Waals surface area contributed by atoms with Crippen molar-refractivity contribution in [2.75, 3.05) is 5.75 Å². The summed E-state index contributed by atoms with van der Waals surface area (Å²) in [5.74, 6) is -2.26. The first kappa shape index (κ1) is 11.9. The van der Waals surface area contributed by atoms with Crippen LogP contribution in [0.2, 0.25) is 0 Å². The zero-order chi connectivity index (χ0) is 11.8. The highest BCUT2D eigenvalue weighted by Gasteiger charge is 2.35. The molecule has 0 radical (unpaired) electrons. The molecule has 0 bridgehead atoms. The molecule has 0 saturated carbocycles. The summed E-state index contributed by atoms with van der Waals surface area (Å²) in [6.45, 7) is 3.13. The molecule has 1 aromatic rings. The minimum absolute atomic E-state index is 0.170. The van der Waals surface area contributed by atoms with Crippen molar-refractivity contribution in [3.63, 3.8) is 0 Å². The maximum Gasteiger partial charge on any atom is 0.275 e. The van der Waals surface area contributed by atoms with E-state index in [4.69, 9.17) is 0 Å². The minimum atomic E-state index is -2.71. The summed E-state index contributed by atoms with van der Waals surface area (Å²) in [6, 6.07) is 5.13. The minimum Gasteiger partial charge on any atom is -0.201 e. The largest absolute Gasteiger partial charge is 0.275 e. The summed E-state index contributed by atoms with van der Waals surface area (Å²) in [4.78, 5) is 1.18. The summed E-state index contributed by atoms with van der Waals surface area (Å²) >= 11 is 1.77. The van der Waals surface area contributed by atoms with Gasteiger partial charge >= 0.3 is 0 Å². The van der Waals surface area contributed by atoms with Crippen LogP contribution in [-0.4, -0.2) is 5.75 Å². The molecule has 0 spiro atoms. The highest BCUT2D eigenvalue weighted by molar-refractivity contribution is 7.99. The van der Waals surface area contributed by atoms with E-state index in [1.54, 1.807) is 37.7 Å². The van der Waals surface area contributed by atoms with Crippen LogP contribution >= 0.6 is 11.8 Å². The summed E-state index contributed by atoms with van der Waals surface area (Å²) in [5.41, 5.74) is 1.26. The third-order valence-corrected chi connectivity index (χ3v) is 4.22. The standard InChI is InChI=1S/C13H16F2S/c1-9(2)13(14,15)11-5-6-12-10(8-11)4-3-7-16-12/h5-6,8-9H,3-4,7H2,1-2H3. The number of rotatable bonds is 2. The maximum atomic E-state index is 13.8. The van der Waals surface area contributed by atoms with Crippen LogP contribution in [0.3, 0.4) is 0 Å². The Hall–Kier alpha value is -0.570. The summed E-state index contributed by atoms with van der Waals surface area (Å²) in [7, 11) is 0. The molecular formula is C13H16F2S. The number of benzene rings is 1. The molecule has 0 amide bonds. The normalized spacial score (nSPS) is 16.3. The third kappa shape index (κ3) is 2.10. The first-order chi connectivity index (χ1) is 7.51. The Labute approximate surface area is 99.4 Å². The van der Waals surface area contributed by atoms with Gasteiger partial charge in [0.2, 0.25) is 0 Å². The Kier molecular flexibility index (Phi) is 3.24. The van der Waals surface area contributed by atoms with Crippen LogP contribution in [0, 0.1) is 5.92 Å². The first-order valence-corrected chi connectivity index (χ1v) is 6.64. The van der Waals surface area contributed by atoms with Gasteiger partial charge in [-0.25, -0.2) is 8.78 Å². The van der Waals surface area contributed by atoms with Crippen molar-refractivity contribution in [3.8, 4) is 0 Å². The Morgan fingerprint density at radius 3 is 2.75 bits per heavy atom. The molecule has 0 saturated heterocycles.